The number of hydrogen-bond acceptors (Lipinski definition) is 2. The van der Waals surface area contributed by atoms with Crippen LogP contribution in [-0.2, 0) is 11.2 Å². The molecule has 1 rings (SSSR count). The van der Waals surface area contributed by atoms with Gasteiger partial charge in [0.1, 0.15) is 17.4 Å². The molecule has 0 spiro atoms. The van der Waals surface area contributed by atoms with Gasteiger partial charge in [0.2, 0.25) is 0 Å². The maximum atomic E-state index is 13.6. The normalized spacial score (nSPS) is 14.5. The van der Waals surface area contributed by atoms with Crippen molar-refractivity contribution in [1.29, 1.82) is 0 Å². The summed E-state index contributed by atoms with van der Waals surface area (Å²) >= 11 is 2.96. The van der Waals surface area contributed by atoms with Crippen molar-refractivity contribution in [3.8, 4) is 0 Å². The predicted molar refractivity (Wildman–Crippen MR) is 65.6 cm³/mol. The van der Waals surface area contributed by atoms with Gasteiger partial charge in [-0.05, 0) is 35.0 Å². The van der Waals surface area contributed by atoms with Gasteiger partial charge in [-0.1, -0.05) is 6.92 Å². The van der Waals surface area contributed by atoms with Crippen LogP contribution in [0.1, 0.15) is 19.4 Å². The van der Waals surface area contributed by atoms with E-state index in [9.17, 15) is 13.6 Å². The third kappa shape index (κ3) is 3.33. The summed E-state index contributed by atoms with van der Waals surface area (Å²) in [6, 6.07) is 2.07. The van der Waals surface area contributed by atoms with Gasteiger partial charge in [-0.25, -0.2) is 8.78 Å². The molecule has 0 bridgehead atoms. The predicted octanol–water partition coefficient (Wildman–Crippen LogP) is 2.82. The second-order valence-electron chi connectivity index (χ2n) is 4.11. The second-order valence-corrected chi connectivity index (χ2v) is 4.97. The summed E-state index contributed by atoms with van der Waals surface area (Å²) in [4.78, 5) is 11.7. The minimum absolute atomic E-state index is 0.148. The summed E-state index contributed by atoms with van der Waals surface area (Å²) in [7, 11) is 0. The Hall–Kier alpha value is -0.810. The van der Waals surface area contributed by atoms with Gasteiger partial charge in [-0.15, -0.1) is 0 Å². The first kappa shape index (κ1) is 14.3. The van der Waals surface area contributed by atoms with E-state index in [1.807, 2.05) is 0 Å². The number of carbonyl (C=O) groups is 1. The molecule has 0 aliphatic heterocycles. The first-order chi connectivity index (χ1) is 7.84. The van der Waals surface area contributed by atoms with Crippen LogP contribution < -0.4 is 5.73 Å². The third-order valence-corrected chi connectivity index (χ3v) is 3.40. The minimum atomic E-state index is -0.727. The Labute approximate surface area is 107 Å². The van der Waals surface area contributed by atoms with Gasteiger partial charge in [0.05, 0.1) is 4.47 Å². The lowest BCUT2D eigenvalue weighted by Gasteiger charge is -2.14. The zero-order chi connectivity index (χ0) is 13.2. The lowest BCUT2D eigenvalue weighted by atomic mass is 9.94. The van der Waals surface area contributed by atoms with E-state index < -0.39 is 17.6 Å². The highest BCUT2D eigenvalue weighted by atomic mass is 79.9. The molecule has 0 aliphatic carbocycles. The maximum Gasteiger partial charge on any atom is 0.143 e. The molecule has 0 heterocycles. The molecule has 17 heavy (non-hydrogen) atoms. The van der Waals surface area contributed by atoms with Gasteiger partial charge in [0, 0.05) is 23.9 Å². The van der Waals surface area contributed by atoms with Gasteiger partial charge < -0.3 is 5.73 Å². The van der Waals surface area contributed by atoms with E-state index in [2.05, 4.69) is 15.9 Å². The molecule has 0 radical (unpaired) electrons. The average molecular weight is 306 g/mol. The first-order valence-electron chi connectivity index (χ1n) is 5.25. The van der Waals surface area contributed by atoms with Crippen LogP contribution >= 0.6 is 15.9 Å². The van der Waals surface area contributed by atoms with Gasteiger partial charge in [-0.3, -0.25) is 4.79 Å². The smallest absolute Gasteiger partial charge is 0.143 e. The molecule has 2 N–H and O–H groups in total. The standard InChI is InChI=1S/C12H14BrF2NO/c1-6(7(2)16)11(17)5-8-10(14)4-3-9(13)12(8)15/h3-4,6-7H,5,16H2,1-2H3. The highest BCUT2D eigenvalue weighted by molar-refractivity contribution is 9.10. The van der Waals surface area contributed by atoms with E-state index in [4.69, 9.17) is 5.73 Å². The molecule has 0 fully saturated rings. The van der Waals surface area contributed by atoms with Crippen molar-refractivity contribution in [3.05, 3.63) is 33.8 Å². The molecule has 2 unspecified atom stereocenters. The molecular weight excluding hydrogens is 292 g/mol. The van der Waals surface area contributed by atoms with Crippen molar-refractivity contribution in [2.24, 2.45) is 11.7 Å². The zero-order valence-corrected chi connectivity index (χ0v) is 11.2. The average Bonchev–Trinajstić information content (AvgIpc) is 2.28. The Morgan fingerprint density at radius 1 is 1.41 bits per heavy atom. The lowest BCUT2D eigenvalue weighted by Crippen LogP contribution is -2.31. The summed E-state index contributed by atoms with van der Waals surface area (Å²) in [6.45, 7) is 3.34. The molecule has 2 atom stereocenters. The maximum absolute atomic E-state index is 13.6. The molecule has 0 saturated heterocycles. The van der Waals surface area contributed by atoms with Crippen molar-refractivity contribution < 1.29 is 13.6 Å². The van der Waals surface area contributed by atoms with Crippen LogP contribution in [0.4, 0.5) is 8.78 Å². The minimum Gasteiger partial charge on any atom is -0.327 e. The molecule has 0 aliphatic rings. The van der Waals surface area contributed by atoms with E-state index in [0.717, 1.165) is 6.07 Å². The first-order valence-corrected chi connectivity index (χ1v) is 6.04. The number of rotatable bonds is 4. The summed E-state index contributed by atoms with van der Waals surface area (Å²) in [6.07, 6.45) is -0.278. The van der Waals surface area contributed by atoms with Gasteiger partial charge in [-0.2, -0.15) is 0 Å². The fourth-order valence-corrected chi connectivity index (χ4v) is 1.73. The molecule has 94 valence electrons. The number of carbonyl (C=O) groups excluding carboxylic acids is 1. The number of Topliss-reactive ketones (excluding diaryl/α,β-unsaturated/α-hetero) is 1. The zero-order valence-electron chi connectivity index (χ0n) is 9.64. The highest BCUT2D eigenvalue weighted by Gasteiger charge is 2.21. The SMILES string of the molecule is CC(N)C(C)C(=O)Cc1c(F)ccc(Br)c1F. The quantitative estimate of drug-likeness (QED) is 0.869. The van der Waals surface area contributed by atoms with E-state index in [0.29, 0.717) is 0 Å². The molecule has 1 aromatic carbocycles. The number of benzene rings is 1. The van der Waals surface area contributed by atoms with Crippen molar-refractivity contribution >= 4 is 21.7 Å². The fourth-order valence-electron chi connectivity index (χ4n) is 1.36. The van der Waals surface area contributed by atoms with E-state index in [1.54, 1.807) is 13.8 Å². The van der Waals surface area contributed by atoms with Gasteiger partial charge in [0.25, 0.3) is 0 Å². The van der Waals surface area contributed by atoms with Crippen LogP contribution in [-0.4, -0.2) is 11.8 Å². The van der Waals surface area contributed by atoms with E-state index in [-0.39, 0.29) is 28.3 Å². The lowest BCUT2D eigenvalue weighted by molar-refractivity contribution is -0.122. The molecule has 0 aromatic heterocycles. The van der Waals surface area contributed by atoms with Crippen LogP contribution in [0, 0.1) is 17.6 Å². The molecule has 0 amide bonds. The molecule has 2 nitrogen and oxygen atoms in total. The van der Waals surface area contributed by atoms with Crippen LogP contribution in [0.5, 0.6) is 0 Å². The van der Waals surface area contributed by atoms with Crippen LogP contribution in [0.2, 0.25) is 0 Å². The van der Waals surface area contributed by atoms with Crippen LogP contribution in [0.15, 0.2) is 16.6 Å². The third-order valence-electron chi connectivity index (χ3n) is 2.79. The van der Waals surface area contributed by atoms with Gasteiger partial charge >= 0.3 is 0 Å². The second kappa shape index (κ2) is 5.69. The van der Waals surface area contributed by atoms with Crippen molar-refractivity contribution in [3.63, 3.8) is 0 Å². The largest absolute Gasteiger partial charge is 0.327 e. The Kier molecular flexibility index (Phi) is 4.77. The molecular formula is C12H14BrF2NO. The topological polar surface area (TPSA) is 43.1 Å². The Balaban J connectivity index is 2.96. The Bertz CT molecular complexity index is 435. The summed E-state index contributed by atoms with van der Waals surface area (Å²) in [5, 5.41) is 0. The number of hydrogen-bond donors (Lipinski definition) is 1. The molecule has 1 aromatic rings. The monoisotopic (exact) mass is 305 g/mol. The number of ketones is 1. The van der Waals surface area contributed by atoms with Crippen LogP contribution in [0.25, 0.3) is 0 Å². The summed E-state index contributed by atoms with van der Waals surface area (Å²) in [5.74, 6) is -2.13. The van der Waals surface area contributed by atoms with Gasteiger partial charge in [0.15, 0.2) is 0 Å². The molecule has 0 saturated carbocycles. The number of nitrogens with two attached hydrogens (primary N) is 1. The summed E-state index contributed by atoms with van der Waals surface area (Å²) in [5.41, 5.74) is 5.37. The number of halogens is 3. The Morgan fingerprint density at radius 3 is 2.53 bits per heavy atom. The summed E-state index contributed by atoms with van der Waals surface area (Å²) < 4.78 is 27.2. The van der Waals surface area contributed by atoms with E-state index >= 15 is 0 Å². The molecule has 5 heteroatoms. The fraction of sp³-hybridized carbons (Fsp3) is 0.417. The van der Waals surface area contributed by atoms with Crippen molar-refractivity contribution in [2.75, 3.05) is 0 Å². The van der Waals surface area contributed by atoms with Crippen molar-refractivity contribution in [1.82, 2.24) is 0 Å². The highest BCUT2D eigenvalue weighted by Crippen LogP contribution is 2.23. The van der Waals surface area contributed by atoms with E-state index in [1.165, 1.54) is 6.07 Å². The Morgan fingerprint density at radius 2 is 2.00 bits per heavy atom. The van der Waals surface area contributed by atoms with Crippen LogP contribution in [0.3, 0.4) is 0 Å². The van der Waals surface area contributed by atoms with Crippen molar-refractivity contribution in [2.45, 2.75) is 26.3 Å².